The summed E-state index contributed by atoms with van der Waals surface area (Å²) in [5.41, 5.74) is 12.4. The molecular weight excluding hydrogens is 220 g/mol. The molecule has 0 spiro atoms. The van der Waals surface area contributed by atoms with Gasteiger partial charge in [-0.3, -0.25) is 0 Å². The maximum Gasteiger partial charge on any atom is 0.356 e. The van der Waals surface area contributed by atoms with Crippen LogP contribution < -0.4 is 11.5 Å². The minimum Gasteiger partial charge on any atom is -0.476 e. The second-order valence-corrected chi connectivity index (χ2v) is 4.08. The molecule has 17 heavy (non-hydrogen) atoms. The van der Waals surface area contributed by atoms with Gasteiger partial charge >= 0.3 is 5.97 Å². The molecule has 2 aromatic rings. The first-order chi connectivity index (χ1) is 7.99. The Bertz CT molecular complexity index is 574. The Labute approximate surface area is 97.9 Å². The molecule has 0 radical (unpaired) electrons. The van der Waals surface area contributed by atoms with E-state index in [0.29, 0.717) is 23.4 Å². The van der Waals surface area contributed by atoms with E-state index in [1.165, 1.54) is 0 Å². The first-order valence-corrected chi connectivity index (χ1v) is 5.24. The number of aromatic carboxylic acids is 1. The van der Waals surface area contributed by atoms with Crippen LogP contribution in [0.15, 0.2) is 18.3 Å². The third-order valence-corrected chi connectivity index (χ3v) is 2.45. The number of carbonyl (C=O) groups is 1. The molecule has 1 atom stereocenters. The average Bonchev–Trinajstić information content (AvgIpc) is 2.55. The van der Waals surface area contributed by atoms with Gasteiger partial charge in [-0.1, -0.05) is 0 Å². The molecule has 0 amide bonds. The number of nitrogens with two attached hydrogens (primary N) is 2. The molecular formula is C11H14N4O2. The summed E-state index contributed by atoms with van der Waals surface area (Å²) in [7, 11) is 0. The van der Waals surface area contributed by atoms with Crippen LogP contribution in [0.25, 0.3) is 5.52 Å². The molecule has 0 bridgehead atoms. The molecule has 0 saturated heterocycles. The van der Waals surface area contributed by atoms with Crippen molar-refractivity contribution in [3.8, 4) is 0 Å². The third-order valence-electron chi connectivity index (χ3n) is 2.45. The zero-order valence-corrected chi connectivity index (χ0v) is 9.42. The summed E-state index contributed by atoms with van der Waals surface area (Å²) in [6.45, 7) is 1.85. The van der Waals surface area contributed by atoms with Crippen LogP contribution in [0.2, 0.25) is 0 Å². The summed E-state index contributed by atoms with van der Waals surface area (Å²) >= 11 is 0. The van der Waals surface area contributed by atoms with Gasteiger partial charge in [-0.25, -0.2) is 9.78 Å². The lowest BCUT2D eigenvalue weighted by molar-refractivity contribution is 0.0693. The Morgan fingerprint density at radius 2 is 2.35 bits per heavy atom. The number of aromatic nitrogens is 2. The molecule has 0 aliphatic rings. The van der Waals surface area contributed by atoms with Crippen molar-refractivity contribution in [3.63, 3.8) is 0 Å². The lowest BCUT2D eigenvalue weighted by Gasteiger charge is -2.04. The summed E-state index contributed by atoms with van der Waals surface area (Å²) in [5.74, 6) is -0.434. The van der Waals surface area contributed by atoms with Gasteiger partial charge < -0.3 is 21.0 Å². The first-order valence-electron chi connectivity index (χ1n) is 5.24. The van der Waals surface area contributed by atoms with Crippen molar-refractivity contribution in [2.24, 2.45) is 5.73 Å². The highest BCUT2D eigenvalue weighted by Crippen LogP contribution is 2.17. The van der Waals surface area contributed by atoms with Crippen molar-refractivity contribution >= 4 is 17.2 Å². The maximum atomic E-state index is 11.1. The second kappa shape index (κ2) is 4.06. The van der Waals surface area contributed by atoms with E-state index < -0.39 is 5.97 Å². The summed E-state index contributed by atoms with van der Waals surface area (Å²) in [4.78, 5) is 15.2. The van der Waals surface area contributed by atoms with E-state index in [-0.39, 0.29) is 11.7 Å². The molecule has 2 aromatic heterocycles. The number of nitrogen functional groups attached to an aromatic ring is 1. The van der Waals surface area contributed by atoms with Crippen LogP contribution in [-0.2, 0) is 6.42 Å². The lowest BCUT2D eigenvalue weighted by atomic mass is 10.2. The standard InChI is InChI=1S/C11H14N4O2/c1-6(12)4-9-14-10(11(16)17)8-5-7(13)2-3-15(8)9/h2-3,5-6H,4,12-13H2,1H3,(H,16,17). The SMILES string of the molecule is CC(N)Cc1nc(C(=O)O)c2cc(N)ccn12. The molecule has 0 aromatic carbocycles. The fourth-order valence-corrected chi connectivity index (χ4v) is 1.75. The van der Waals surface area contributed by atoms with Gasteiger partial charge in [0.2, 0.25) is 0 Å². The van der Waals surface area contributed by atoms with E-state index >= 15 is 0 Å². The fourth-order valence-electron chi connectivity index (χ4n) is 1.75. The normalized spacial score (nSPS) is 12.8. The van der Waals surface area contributed by atoms with Gasteiger partial charge in [0.25, 0.3) is 0 Å². The van der Waals surface area contributed by atoms with Crippen molar-refractivity contribution in [2.75, 3.05) is 5.73 Å². The molecule has 0 aliphatic carbocycles. The summed E-state index contributed by atoms with van der Waals surface area (Å²) in [5, 5.41) is 9.07. The van der Waals surface area contributed by atoms with Gasteiger partial charge in [0, 0.05) is 24.3 Å². The largest absolute Gasteiger partial charge is 0.476 e. The van der Waals surface area contributed by atoms with Gasteiger partial charge in [-0.15, -0.1) is 0 Å². The molecule has 6 heteroatoms. The number of carboxylic acids is 1. The molecule has 90 valence electrons. The van der Waals surface area contributed by atoms with E-state index in [0.717, 1.165) is 0 Å². The highest BCUT2D eigenvalue weighted by atomic mass is 16.4. The molecule has 5 N–H and O–H groups in total. The number of hydrogen-bond donors (Lipinski definition) is 3. The van der Waals surface area contributed by atoms with Gasteiger partial charge in [0.05, 0.1) is 5.52 Å². The van der Waals surface area contributed by atoms with Crippen LogP contribution in [0, 0.1) is 0 Å². The van der Waals surface area contributed by atoms with Gasteiger partial charge in [-0.05, 0) is 19.1 Å². The van der Waals surface area contributed by atoms with Crippen molar-refractivity contribution in [3.05, 3.63) is 29.8 Å². The molecule has 2 rings (SSSR count). The van der Waals surface area contributed by atoms with Gasteiger partial charge in [0.15, 0.2) is 5.69 Å². The first kappa shape index (κ1) is 11.4. The van der Waals surface area contributed by atoms with E-state index in [2.05, 4.69) is 4.98 Å². The Morgan fingerprint density at radius 3 is 2.94 bits per heavy atom. The van der Waals surface area contributed by atoms with E-state index in [4.69, 9.17) is 16.6 Å². The minimum absolute atomic E-state index is 0.00736. The predicted molar refractivity (Wildman–Crippen MR) is 63.9 cm³/mol. The monoisotopic (exact) mass is 234 g/mol. The van der Waals surface area contributed by atoms with Crippen LogP contribution in [0.5, 0.6) is 0 Å². The number of fused-ring (bicyclic) bond motifs is 1. The van der Waals surface area contributed by atoms with E-state index in [1.807, 2.05) is 6.92 Å². The molecule has 0 saturated carbocycles. The zero-order valence-electron chi connectivity index (χ0n) is 9.42. The molecule has 0 aliphatic heterocycles. The van der Waals surface area contributed by atoms with Crippen LogP contribution in [-0.4, -0.2) is 26.5 Å². The number of nitrogens with zero attached hydrogens (tertiary/aromatic N) is 2. The number of anilines is 1. The number of imidazole rings is 1. The zero-order chi connectivity index (χ0) is 12.6. The maximum absolute atomic E-state index is 11.1. The van der Waals surface area contributed by atoms with Crippen molar-refractivity contribution in [1.82, 2.24) is 9.38 Å². The lowest BCUT2D eigenvalue weighted by Crippen LogP contribution is -2.19. The van der Waals surface area contributed by atoms with Gasteiger partial charge in [-0.2, -0.15) is 0 Å². The van der Waals surface area contributed by atoms with E-state index in [1.54, 1.807) is 22.7 Å². The summed E-state index contributed by atoms with van der Waals surface area (Å²) in [6, 6.07) is 3.21. The van der Waals surface area contributed by atoms with Crippen molar-refractivity contribution in [1.29, 1.82) is 0 Å². The topological polar surface area (TPSA) is 107 Å². The highest BCUT2D eigenvalue weighted by Gasteiger charge is 2.17. The Balaban J connectivity index is 2.66. The molecule has 0 fully saturated rings. The Morgan fingerprint density at radius 1 is 1.65 bits per heavy atom. The third kappa shape index (κ3) is 2.07. The van der Waals surface area contributed by atoms with Crippen molar-refractivity contribution in [2.45, 2.75) is 19.4 Å². The number of hydrogen-bond acceptors (Lipinski definition) is 4. The summed E-state index contributed by atoms with van der Waals surface area (Å²) < 4.78 is 1.71. The fraction of sp³-hybridized carbons (Fsp3) is 0.273. The van der Waals surface area contributed by atoms with Crippen LogP contribution in [0.1, 0.15) is 23.2 Å². The second-order valence-electron chi connectivity index (χ2n) is 4.08. The predicted octanol–water partition coefficient (Wildman–Crippen LogP) is 0.504. The van der Waals surface area contributed by atoms with E-state index in [9.17, 15) is 4.79 Å². The van der Waals surface area contributed by atoms with Crippen LogP contribution in [0.4, 0.5) is 5.69 Å². The highest BCUT2D eigenvalue weighted by molar-refractivity contribution is 5.94. The quantitative estimate of drug-likeness (QED) is 0.717. The summed E-state index contributed by atoms with van der Waals surface area (Å²) in [6.07, 6.45) is 2.22. The molecule has 1 unspecified atom stereocenters. The molecule has 2 heterocycles. The van der Waals surface area contributed by atoms with Crippen molar-refractivity contribution < 1.29 is 9.90 Å². The minimum atomic E-state index is -1.07. The Kier molecular flexibility index (Phi) is 2.72. The number of carboxylic acid groups (broad SMARTS) is 1. The van der Waals surface area contributed by atoms with Crippen LogP contribution in [0.3, 0.4) is 0 Å². The number of pyridine rings is 1. The smallest absolute Gasteiger partial charge is 0.356 e. The van der Waals surface area contributed by atoms with Crippen LogP contribution >= 0.6 is 0 Å². The average molecular weight is 234 g/mol. The van der Waals surface area contributed by atoms with Gasteiger partial charge in [0.1, 0.15) is 5.82 Å². The number of rotatable bonds is 3. The molecule has 6 nitrogen and oxygen atoms in total. The Hall–Kier alpha value is -2.08.